The van der Waals surface area contributed by atoms with E-state index < -0.39 is 27.6 Å². The number of anilines is 2. The third-order valence-electron chi connectivity index (χ3n) is 3.16. The molecule has 0 aliphatic heterocycles. The molecule has 5 nitrogen and oxygen atoms in total. The van der Waals surface area contributed by atoms with E-state index in [2.05, 4.69) is 9.71 Å². The molecule has 0 spiro atoms. The van der Waals surface area contributed by atoms with Gasteiger partial charge in [-0.15, -0.1) is 22.7 Å². The topological polar surface area (TPSA) is 85.1 Å². The van der Waals surface area contributed by atoms with Gasteiger partial charge in [-0.3, -0.25) is 4.72 Å². The number of nitrogens with zero attached hydrogens (tertiary/aromatic N) is 1. The SMILES string of the molecule is Nc1csc(S(=O)(=O)Nc2nc(-c3cc(C(F)(F)F)ccc3F)cs2)c1. The van der Waals surface area contributed by atoms with E-state index in [0.717, 1.165) is 22.7 Å². The predicted molar refractivity (Wildman–Crippen MR) is 92.0 cm³/mol. The maximum atomic E-state index is 13.9. The fraction of sp³-hybridized carbons (Fsp3) is 0.0714. The summed E-state index contributed by atoms with van der Waals surface area (Å²) in [4.78, 5) is 3.88. The zero-order valence-electron chi connectivity index (χ0n) is 12.5. The molecule has 0 amide bonds. The molecule has 3 aromatic rings. The molecular weight excluding hydrogens is 414 g/mol. The number of nitrogen functional groups attached to an aromatic ring is 1. The van der Waals surface area contributed by atoms with Crippen molar-refractivity contribution in [3.05, 3.63) is 46.4 Å². The number of thiophene rings is 1. The van der Waals surface area contributed by atoms with Crippen LogP contribution in [0.1, 0.15) is 5.56 Å². The number of nitrogens with one attached hydrogen (secondary N) is 1. The van der Waals surface area contributed by atoms with Crippen LogP contribution in [0.3, 0.4) is 0 Å². The first-order chi connectivity index (χ1) is 12.1. The van der Waals surface area contributed by atoms with Crippen molar-refractivity contribution in [2.24, 2.45) is 0 Å². The number of sulfonamides is 1. The highest BCUT2D eigenvalue weighted by Gasteiger charge is 2.31. The molecule has 0 aliphatic carbocycles. The molecule has 138 valence electrons. The van der Waals surface area contributed by atoms with Crippen molar-refractivity contribution >= 4 is 43.5 Å². The van der Waals surface area contributed by atoms with Crippen LogP contribution in [0.2, 0.25) is 0 Å². The van der Waals surface area contributed by atoms with Gasteiger partial charge in [-0.05, 0) is 24.3 Å². The Bertz CT molecular complexity index is 1060. The van der Waals surface area contributed by atoms with Crippen molar-refractivity contribution in [2.45, 2.75) is 10.4 Å². The number of halogens is 4. The van der Waals surface area contributed by atoms with Gasteiger partial charge in [0.15, 0.2) is 5.13 Å². The van der Waals surface area contributed by atoms with Crippen molar-refractivity contribution in [1.82, 2.24) is 4.98 Å². The summed E-state index contributed by atoms with van der Waals surface area (Å²) in [5, 5.41) is 2.60. The summed E-state index contributed by atoms with van der Waals surface area (Å²) >= 11 is 1.72. The fourth-order valence-electron chi connectivity index (χ4n) is 1.98. The van der Waals surface area contributed by atoms with E-state index in [9.17, 15) is 26.0 Å². The maximum Gasteiger partial charge on any atom is 0.416 e. The van der Waals surface area contributed by atoms with Gasteiger partial charge in [0.1, 0.15) is 10.0 Å². The van der Waals surface area contributed by atoms with Crippen LogP contribution in [0.5, 0.6) is 0 Å². The van der Waals surface area contributed by atoms with Crippen LogP contribution < -0.4 is 10.5 Å². The normalized spacial score (nSPS) is 12.3. The van der Waals surface area contributed by atoms with Gasteiger partial charge in [0.25, 0.3) is 10.0 Å². The Hall–Kier alpha value is -2.18. The lowest BCUT2D eigenvalue weighted by atomic mass is 10.1. The summed E-state index contributed by atoms with van der Waals surface area (Å²) in [7, 11) is -3.94. The van der Waals surface area contributed by atoms with Gasteiger partial charge >= 0.3 is 6.18 Å². The zero-order chi connectivity index (χ0) is 19.1. The van der Waals surface area contributed by atoms with Gasteiger partial charge in [-0.2, -0.15) is 13.2 Å². The second-order valence-corrected chi connectivity index (χ2v) is 8.71. The maximum absolute atomic E-state index is 13.9. The lowest BCUT2D eigenvalue weighted by Gasteiger charge is -2.08. The van der Waals surface area contributed by atoms with E-state index in [0.29, 0.717) is 18.2 Å². The fourth-order valence-corrected chi connectivity index (χ4v) is 5.02. The number of nitrogens with two attached hydrogens (primary N) is 1. The Morgan fingerprint density at radius 3 is 2.46 bits per heavy atom. The van der Waals surface area contributed by atoms with Crippen LogP contribution in [0.4, 0.5) is 28.4 Å². The largest absolute Gasteiger partial charge is 0.416 e. The molecule has 12 heteroatoms. The van der Waals surface area contributed by atoms with E-state index in [1.165, 1.54) is 16.8 Å². The number of aromatic nitrogens is 1. The lowest BCUT2D eigenvalue weighted by Crippen LogP contribution is -2.11. The monoisotopic (exact) mass is 423 g/mol. The number of rotatable bonds is 4. The van der Waals surface area contributed by atoms with Gasteiger partial charge < -0.3 is 5.73 Å². The number of thiazole rings is 1. The quantitative estimate of drug-likeness (QED) is 0.609. The van der Waals surface area contributed by atoms with Crippen molar-refractivity contribution in [1.29, 1.82) is 0 Å². The van der Waals surface area contributed by atoms with Crippen LogP contribution >= 0.6 is 22.7 Å². The predicted octanol–water partition coefficient (Wildman–Crippen LogP) is 4.41. The van der Waals surface area contributed by atoms with E-state index >= 15 is 0 Å². The van der Waals surface area contributed by atoms with Crippen LogP contribution in [0, 0.1) is 5.82 Å². The molecule has 0 fully saturated rings. The molecule has 0 saturated carbocycles. The highest BCUT2D eigenvalue weighted by molar-refractivity contribution is 7.94. The Morgan fingerprint density at radius 2 is 1.85 bits per heavy atom. The van der Waals surface area contributed by atoms with Crippen molar-refractivity contribution in [3.63, 3.8) is 0 Å². The minimum atomic E-state index is -4.64. The molecule has 3 rings (SSSR count). The molecule has 0 bridgehead atoms. The summed E-state index contributed by atoms with van der Waals surface area (Å²) < 4.78 is 78.8. The summed E-state index contributed by atoms with van der Waals surface area (Å²) in [6.07, 6.45) is -4.64. The van der Waals surface area contributed by atoms with E-state index in [-0.39, 0.29) is 26.3 Å². The first-order valence-corrected chi connectivity index (χ1v) is 10.00. The third kappa shape index (κ3) is 3.81. The highest BCUT2D eigenvalue weighted by Crippen LogP contribution is 2.35. The summed E-state index contributed by atoms with van der Waals surface area (Å²) in [6.45, 7) is 0. The second kappa shape index (κ2) is 6.52. The minimum Gasteiger partial charge on any atom is -0.398 e. The van der Waals surface area contributed by atoms with Gasteiger partial charge in [-0.25, -0.2) is 17.8 Å². The van der Waals surface area contributed by atoms with Gasteiger partial charge in [0.2, 0.25) is 0 Å². The van der Waals surface area contributed by atoms with Gasteiger partial charge in [0.05, 0.1) is 11.3 Å². The summed E-state index contributed by atoms with van der Waals surface area (Å²) in [6, 6.07) is 3.20. The third-order valence-corrected chi connectivity index (χ3v) is 6.84. The molecule has 0 unspecified atom stereocenters. The average Bonchev–Trinajstić information content (AvgIpc) is 3.15. The van der Waals surface area contributed by atoms with Gasteiger partial charge in [-0.1, -0.05) is 0 Å². The number of alkyl halides is 3. The lowest BCUT2D eigenvalue weighted by molar-refractivity contribution is -0.137. The molecule has 1 aromatic carbocycles. The van der Waals surface area contributed by atoms with Crippen molar-refractivity contribution in [2.75, 3.05) is 10.5 Å². The number of hydrogen-bond donors (Lipinski definition) is 2. The highest BCUT2D eigenvalue weighted by atomic mass is 32.2. The average molecular weight is 423 g/mol. The Morgan fingerprint density at radius 1 is 1.12 bits per heavy atom. The first kappa shape index (κ1) is 18.6. The molecule has 0 radical (unpaired) electrons. The van der Waals surface area contributed by atoms with Crippen LogP contribution in [0.25, 0.3) is 11.3 Å². The molecule has 0 saturated heterocycles. The molecular formula is C14H9F4N3O2S3. The smallest absolute Gasteiger partial charge is 0.398 e. The molecule has 2 heterocycles. The molecule has 26 heavy (non-hydrogen) atoms. The molecule has 0 atom stereocenters. The summed E-state index contributed by atoms with van der Waals surface area (Å²) in [5.74, 6) is -0.899. The van der Waals surface area contributed by atoms with Crippen LogP contribution in [-0.4, -0.2) is 13.4 Å². The molecule has 3 N–H and O–H groups in total. The molecule has 0 aliphatic rings. The van der Waals surface area contributed by atoms with Crippen LogP contribution in [-0.2, 0) is 16.2 Å². The van der Waals surface area contributed by atoms with E-state index in [1.54, 1.807) is 0 Å². The van der Waals surface area contributed by atoms with E-state index in [4.69, 9.17) is 5.73 Å². The standard InChI is InChI=1S/C14H9F4N3O2S3/c15-10-2-1-7(14(16,17)18)3-9(10)11-6-25-13(20-11)21-26(22,23)12-4-8(19)5-24-12/h1-6H,19H2,(H,20,21). The minimum absolute atomic E-state index is 0.0444. The summed E-state index contributed by atoms with van der Waals surface area (Å²) in [5.41, 5.74) is 4.25. The zero-order valence-corrected chi connectivity index (χ0v) is 15.0. The second-order valence-electron chi connectivity index (χ2n) is 5.03. The van der Waals surface area contributed by atoms with Crippen molar-refractivity contribution in [3.8, 4) is 11.3 Å². The van der Waals surface area contributed by atoms with Gasteiger partial charge in [0, 0.05) is 22.0 Å². The Kier molecular flexibility index (Phi) is 4.67. The van der Waals surface area contributed by atoms with Crippen LogP contribution in [0.15, 0.2) is 39.2 Å². The number of hydrogen-bond acceptors (Lipinski definition) is 6. The first-order valence-electron chi connectivity index (χ1n) is 6.76. The van der Waals surface area contributed by atoms with E-state index in [1.807, 2.05) is 0 Å². The van der Waals surface area contributed by atoms with Crippen molar-refractivity contribution < 1.29 is 26.0 Å². The Balaban J connectivity index is 1.91. The Labute approximate surface area is 153 Å². The molecule has 2 aromatic heterocycles. The number of benzene rings is 1.